The zero-order valence-electron chi connectivity index (χ0n) is 11.9. The predicted molar refractivity (Wildman–Crippen MR) is 80.6 cm³/mol. The summed E-state index contributed by atoms with van der Waals surface area (Å²) in [5.74, 6) is 0.390. The molecule has 1 aliphatic rings. The van der Waals surface area contributed by atoms with Gasteiger partial charge in [-0.2, -0.15) is 0 Å². The van der Waals surface area contributed by atoms with E-state index in [1.54, 1.807) is 0 Å². The average Bonchev–Trinajstić information content (AvgIpc) is 3.31. The summed E-state index contributed by atoms with van der Waals surface area (Å²) in [6.07, 6.45) is 5.22. The number of carbonyl (C=O) groups is 1. The number of nitrogens with zero attached hydrogens (tertiary/aromatic N) is 2. The van der Waals surface area contributed by atoms with Gasteiger partial charge in [-0.25, -0.2) is 9.97 Å². The van der Waals surface area contributed by atoms with Crippen LogP contribution >= 0.6 is 0 Å². The van der Waals surface area contributed by atoms with Gasteiger partial charge in [-0.15, -0.1) is 0 Å². The Bertz CT molecular complexity index is 650. The van der Waals surface area contributed by atoms with Crippen LogP contribution in [0.3, 0.4) is 0 Å². The molecular weight excluding hydrogens is 264 g/mol. The van der Waals surface area contributed by atoms with Crippen LogP contribution in [0.1, 0.15) is 40.5 Å². The van der Waals surface area contributed by atoms with Gasteiger partial charge in [0.2, 0.25) is 0 Å². The van der Waals surface area contributed by atoms with Crippen LogP contribution in [0, 0.1) is 12.8 Å². The van der Waals surface area contributed by atoms with Gasteiger partial charge in [0.25, 0.3) is 5.91 Å². The molecular formula is C16H18N4O. The Morgan fingerprint density at radius 3 is 2.52 bits per heavy atom. The van der Waals surface area contributed by atoms with E-state index in [0.29, 0.717) is 5.92 Å². The van der Waals surface area contributed by atoms with Gasteiger partial charge in [-0.3, -0.25) is 4.79 Å². The van der Waals surface area contributed by atoms with Gasteiger partial charge in [-0.05, 0) is 31.2 Å². The molecule has 21 heavy (non-hydrogen) atoms. The molecule has 1 heterocycles. The maximum Gasteiger partial charge on any atom is 0.274 e. The molecule has 2 aromatic rings. The van der Waals surface area contributed by atoms with Crippen LogP contribution in [0.15, 0.2) is 36.7 Å². The van der Waals surface area contributed by atoms with Crippen LogP contribution in [0.2, 0.25) is 0 Å². The Morgan fingerprint density at radius 2 is 1.90 bits per heavy atom. The van der Waals surface area contributed by atoms with Gasteiger partial charge in [0, 0.05) is 12.4 Å². The molecule has 5 heteroatoms. The largest absolute Gasteiger partial charge is 0.382 e. The average molecular weight is 282 g/mol. The fourth-order valence-corrected chi connectivity index (χ4v) is 2.41. The number of nitrogens with two attached hydrogens (primary N) is 1. The van der Waals surface area contributed by atoms with Crippen LogP contribution < -0.4 is 11.1 Å². The van der Waals surface area contributed by atoms with Crippen molar-refractivity contribution >= 4 is 11.7 Å². The summed E-state index contributed by atoms with van der Waals surface area (Å²) >= 11 is 0. The standard InChI is InChI=1S/C16H18N4O/c1-10-2-4-11(5-3-10)13(12-6-7-12)20-16(21)14-15(17)19-9-8-18-14/h2-5,8-9,12-13H,6-7H2,1H3,(H2,17,19)(H,20,21). The Morgan fingerprint density at radius 1 is 1.24 bits per heavy atom. The summed E-state index contributed by atoms with van der Waals surface area (Å²) < 4.78 is 0. The van der Waals surface area contributed by atoms with Crippen LogP contribution in [-0.4, -0.2) is 15.9 Å². The van der Waals surface area contributed by atoms with E-state index in [4.69, 9.17) is 5.73 Å². The number of aromatic nitrogens is 2. The minimum atomic E-state index is -0.266. The Hall–Kier alpha value is -2.43. The second kappa shape index (κ2) is 5.52. The molecule has 1 saturated carbocycles. The summed E-state index contributed by atoms with van der Waals surface area (Å²) in [6.45, 7) is 2.05. The Labute approximate surface area is 123 Å². The number of amides is 1. The van der Waals surface area contributed by atoms with E-state index in [-0.39, 0.29) is 23.5 Å². The van der Waals surface area contributed by atoms with Crippen LogP contribution in [0.4, 0.5) is 5.82 Å². The first-order valence-electron chi connectivity index (χ1n) is 7.09. The van der Waals surface area contributed by atoms with Gasteiger partial charge in [0.15, 0.2) is 11.5 Å². The number of benzene rings is 1. The van der Waals surface area contributed by atoms with E-state index in [9.17, 15) is 4.79 Å². The molecule has 3 N–H and O–H groups in total. The first-order valence-corrected chi connectivity index (χ1v) is 7.09. The van der Waals surface area contributed by atoms with E-state index < -0.39 is 0 Å². The van der Waals surface area contributed by atoms with Gasteiger partial charge in [0.05, 0.1) is 6.04 Å². The number of nitrogens with one attached hydrogen (secondary N) is 1. The minimum absolute atomic E-state index is 0.0134. The smallest absolute Gasteiger partial charge is 0.274 e. The van der Waals surface area contributed by atoms with E-state index in [2.05, 4.69) is 46.5 Å². The molecule has 1 aliphatic carbocycles. The zero-order valence-corrected chi connectivity index (χ0v) is 11.9. The van der Waals surface area contributed by atoms with Gasteiger partial charge in [-0.1, -0.05) is 29.8 Å². The summed E-state index contributed by atoms with van der Waals surface area (Å²) in [5.41, 5.74) is 8.23. The molecule has 1 amide bonds. The number of nitrogen functional groups attached to an aromatic ring is 1. The summed E-state index contributed by atoms with van der Waals surface area (Å²) in [4.78, 5) is 20.3. The maximum absolute atomic E-state index is 12.4. The lowest BCUT2D eigenvalue weighted by Gasteiger charge is -2.19. The molecule has 0 saturated heterocycles. The minimum Gasteiger partial charge on any atom is -0.382 e. The highest BCUT2D eigenvalue weighted by Gasteiger charge is 2.34. The highest BCUT2D eigenvalue weighted by molar-refractivity contribution is 5.96. The molecule has 1 fully saturated rings. The molecule has 1 unspecified atom stereocenters. The van der Waals surface area contributed by atoms with Crippen molar-refractivity contribution in [2.45, 2.75) is 25.8 Å². The highest BCUT2D eigenvalue weighted by Crippen LogP contribution is 2.41. The first-order chi connectivity index (χ1) is 10.1. The fourth-order valence-electron chi connectivity index (χ4n) is 2.41. The molecule has 3 rings (SSSR count). The lowest BCUT2D eigenvalue weighted by atomic mass is 10.0. The van der Waals surface area contributed by atoms with E-state index in [1.165, 1.54) is 18.0 Å². The fraction of sp³-hybridized carbons (Fsp3) is 0.312. The number of hydrogen-bond donors (Lipinski definition) is 2. The summed E-state index contributed by atoms with van der Waals surface area (Å²) in [6, 6.07) is 8.28. The van der Waals surface area contributed by atoms with Crippen molar-refractivity contribution in [3.63, 3.8) is 0 Å². The molecule has 0 aliphatic heterocycles. The third kappa shape index (κ3) is 3.02. The van der Waals surface area contributed by atoms with Gasteiger partial charge in [0.1, 0.15) is 0 Å². The monoisotopic (exact) mass is 282 g/mol. The molecule has 1 atom stereocenters. The lowest BCUT2D eigenvalue weighted by Crippen LogP contribution is -2.31. The van der Waals surface area contributed by atoms with Crippen molar-refractivity contribution < 1.29 is 4.79 Å². The molecule has 5 nitrogen and oxygen atoms in total. The van der Waals surface area contributed by atoms with Gasteiger partial charge >= 0.3 is 0 Å². The number of rotatable bonds is 4. The zero-order chi connectivity index (χ0) is 14.8. The number of anilines is 1. The highest BCUT2D eigenvalue weighted by atomic mass is 16.2. The number of carbonyl (C=O) groups excluding carboxylic acids is 1. The number of hydrogen-bond acceptors (Lipinski definition) is 4. The lowest BCUT2D eigenvalue weighted by molar-refractivity contribution is 0.0927. The first kappa shape index (κ1) is 13.5. The van der Waals surface area contributed by atoms with Crippen LogP contribution in [-0.2, 0) is 0 Å². The van der Waals surface area contributed by atoms with Crippen LogP contribution in [0.25, 0.3) is 0 Å². The normalized spacial score (nSPS) is 15.5. The second-order valence-corrected chi connectivity index (χ2v) is 5.49. The van der Waals surface area contributed by atoms with E-state index in [1.807, 2.05) is 0 Å². The molecule has 0 spiro atoms. The Kier molecular flexibility index (Phi) is 3.56. The summed E-state index contributed by atoms with van der Waals surface area (Å²) in [5, 5.41) is 3.05. The van der Waals surface area contributed by atoms with Crippen molar-refractivity contribution in [3.05, 3.63) is 53.5 Å². The SMILES string of the molecule is Cc1ccc(C(NC(=O)c2nccnc2N)C2CC2)cc1. The molecule has 1 aromatic heterocycles. The molecule has 108 valence electrons. The summed E-state index contributed by atoms with van der Waals surface area (Å²) in [7, 11) is 0. The van der Waals surface area contributed by atoms with Crippen molar-refractivity contribution in [1.29, 1.82) is 0 Å². The third-order valence-electron chi connectivity index (χ3n) is 3.76. The van der Waals surface area contributed by atoms with Gasteiger partial charge < -0.3 is 11.1 Å². The van der Waals surface area contributed by atoms with Crippen molar-refractivity contribution in [2.24, 2.45) is 5.92 Å². The van der Waals surface area contributed by atoms with Crippen molar-refractivity contribution in [2.75, 3.05) is 5.73 Å². The third-order valence-corrected chi connectivity index (χ3v) is 3.76. The Balaban J connectivity index is 1.81. The quantitative estimate of drug-likeness (QED) is 0.901. The topological polar surface area (TPSA) is 80.9 Å². The van der Waals surface area contributed by atoms with Crippen LogP contribution in [0.5, 0.6) is 0 Å². The van der Waals surface area contributed by atoms with Crippen molar-refractivity contribution in [1.82, 2.24) is 15.3 Å². The van der Waals surface area contributed by atoms with E-state index in [0.717, 1.165) is 18.4 Å². The van der Waals surface area contributed by atoms with Crippen molar-refractivity contribution in [3.8, 4) is 0 Å². The maximum atomic E-state index is 12.4. The molecule has 1 aromatic carbocycles. The molecule has 0 bridgehead atoms. The number of aryl methyl sites for hydroxylation is 1. The molecule has 0 radical (unpaired) electrons. The second-order valence-electron chi connectivity index (χ2n) is 5.49. The van der Waals surface area contributed by atoms with E-state index >= 15 is 0 Å². The predicted octanol–water partition coefficient (Wildman–Crippen LogP) is 2.25.